The minimum atomic E-state index is 0. The van der Waals surface area contributed by atoms with Gasteiger partial charge in [-0.25, -0.2) is 0 Å². The molecular formula is C34H44Cl4N4O6. The maximum Gasteiger partial charge on any atom is 0.203 e. The Morgan fingerprint density at radius 1 is 0.500 bits per heavy atom. The standard InChI is InChI=1S/C34H40N4O6.4ClH/c1-39-29-16-25(17-30(40-2)33(29)43-5)27-8-7-24(20-36-27)22-38-13-11-37(12-14-38)21-23-9-10-35-28(15-23)26-18-31(41-3)34(44-6)32(19-26)42-4;;;;/h7-10,15-20H,11-14,21-22H2,1-6H3;4*1H. The molecule has 0 spiro atoms. The van der Waals surface area contributed by atoms with Crippen molar-refractivity contribution in [2.75, 3.05) is 68.8 Å². The van der Waals surface area contributed by atoms with E-state index >= 15 is 0 Å². The molecule has 1 fully saturated rings. The highest BCUT2D eigenvalue weighted by Crippen LogP contribution is 2.42. The predicted octanol–water partition coefficient (Wildman–Crippen LogP) is 6.87. The van der Waals surface area contributed by atoms with Crippen LogP contribution in [0.3, 0.4) is 0 Å². The quantitative estimate of drug-likeness (QED) is 0.153. The molecule has 0 aliphatic carbocycles. The van der Waals surface area contributed by atoms with Crippen molar-refractivity contribution in [3.05, 3.63) is 72.1 Å². The van der Waals surface area contributed by atoms with Crippen LogP contribution in [0.5, 0.6) is 34.5 Å². The van der Waals surface area contributed by atoms with E-state index in [0.717, 1.165) is 61.8 Å². The van der Waals surface area contributed by atoms with Gasteiger partial charge in [-0.15, -0.1) is 49.6 Å². The Kier molecular flexibility index (Phi) is 18.0. The number of halogens is 4. The Hall–Kier alpha value is -3.38. The number of benzene rings is 2. The molecule has 264 valence electrons. The van der Waals surface area contributed by atoms with Gasteiger partial charge in [-0.2, -0.15) is 0 Å². The van der Waals surface area contributed by atoms with Crippen LogP contribution in [-0.2, 0) is 13.1 Å². The summed E-state index contributed by atoms with van der Waals surface area (Å²) in [5, 5.41) is 0. The molecule has 0 atom stereocenters. The van der Waals surface area contributed by atoms with Crippen LogP contribution < -0.4 is 28.4 Å². The van der Waals surface area contributed by atoms with Gasteiger partial charge in [-0.05, 0) is 53.6 Å². The summed E-state index contributed by atoms with van der Waals surface area (Å²) in [6.07, 6.45) is 3.81. The summed E-state index contributed by atoms with van der Waals surface area (Å²) in [7, 11) is 9.67. The van der Waals surface area contributed by atoms with E-state index in [2.05, 4.69) is 33.0 Å². The maximum atomic E-state index is 5.53. The van der Waals surface area contributed by atoms with Crippen molar-refractivity contribution in [1.29, 1.82) is 0 Å². The fraction of sp³-hybridized carbons (Fsp3) is 0.353. The molecular weight excluding hydrogens is 702 g/mol. The Bertz CT molecular complexity index is 1520. The summed E-state index contributed by atoms with van der Waals surface area (Å²) in [5.74, 6) is 3.56. The first kappa shape index (κ1) is 42.6. The van der Waals surface area contributed by atoms with Crippen molar-refractivity contribution in [3.8, 4) is 57.0 Å². The van der Waals surface area contributed by atoms with Gasteiger partial charge in [0.05, 0.1) is 54.0 Å². The van der Waals surface area contributed by atoms with E-state index in [-0.39, 0.29) is 49.6 Å². The minimum Gasteiger partial charge on any atom is -0.493 e. The number of pyridine rings is 2. The molecule has 14 heteroatoms. The molecule has 0 saturated carbocycles. The molecule has 1 aliphatic heterocycles. The van der Waals surface area contributed by atoms with Crippen LogP contribution in [0.15, 0.2) is 60.9 Å². The van der Waals surface area contributed by atoms with Gasteiger partial charge in [0.25, 0.3) is 0 Å². The predicted molar refractivity (Wildman–Crippen MR) is 198 cm³/mol. The van der Waals surface area contributed by atoms with Gasteiger partial charge in [-0.1, -0.05) is 6.07 Å². The molecule has 2 aromatic carbocycles. The van der Waals surface area contributed by atoms with E-state index in [1.165, 1.54) is 11.1 Å². The number of rotatable bonds is 12. The largest absolute Gasteiger partial charge is 0.493 e. The van der Waals surface area contributed by atoms with Gasteiger partial charge in [0.1, 0.15) is 0 Å². The van der Waals surface area contributed by atoms with E-state index in [1.54, 1.807) is 42.7 Å². The molecule has 0 radical (unpaired) electrons. The lowest BCUT2D eigenvalue weighted by Gasteiger charge is -2.34. The van der Waals surface area contributed by atoms with Gasteiger partial charge < -0.3 is 28.4 Å². The Morgan fingerprint density at radius 2 is 0.938 bits per heavy atom. The van der Waals surface area contributed by atoms with Crippen molar-refractivity contribution >= 4 is 49.6 Å². The first-order chi connectivity index (χ1) is 21.5. The lowest BCUT2D eigenvalue weighted by molar-refractivity contribution is 0.122. The van der Waals surface area contributed by atoms with Gasteiger partial charge in [0.2, 0.25) is 11.5 Å². The number of ether oxygens (including phenoxy) is 6. The molecule has 2 aromatic heterocycles. The van der Waals surface area contributed by atoms with E-state index in [1.807, 2.05) is 42.7 Å². The SMILES string of the molecule is COc1cc(-c2ccc(CN3CCN(Cc4ccnc(-c5cc(OC)c(OC)c(OC)c5)c4)CC3)cn2)cc(OC)c1OC.Cl.Cl.Cl.Cl. The number of methoxy groups -OCH3 is 6. The Morgan fingerprint density at radius 3 is 1.33 bits per heavy atom. The summed E-state index contributed by atoms with van der Waals surface area (Å²) in [5.41, 5.74) is 5.92. The van der Waals surface area contributed by atoms with E-state index in [0.29, 0.717) is 34.5 Å². The molecule has 3 heterocycles. The zero-order chi connectivity index (χ0) is 31.1. The van der Waals surface area contributed by atoms with Crippen LogP contribution in [0.2, 0.25) is 0 Å². The van der Waals surface area contributed by atoms with Crippen LogP contribution in [0.1, 0.15) is 11.1 Å². The zero-order valence-corrected chi connectivity index (χ0v) is 31.2. The van der Waals surface area contributed by atoms with Crippen molar-refractivity contribution in [2.45, 2.75) is 13.1 Å². The van der Waals surface area contributed by atoms with Crippen LogP contribution >= 0.6 is 49.6 Å². The van der Waals surface area contributed by atoms with Crippen molar-refractivity contribution in [3.63, 3.8) is 0 Å². The monoisotopic (exact) mass is 744 g/mol. The highest BCUT2D eigenvalue weighted by Gasteiger charge is 2.19. The van der Waals surface area contributed by atoms with Gasteiger partial charge >= 0.3 is 0 Å². The number of hydrogen-bond acceptors (Lipinski definition) is 10. The average Bonchev–Trinajstić information content (AvgIpc) is 3.08. The van der Waals surface area contributed by atoms with Gasteiger partial charge in [-0.3, -0.25) is 19.8 Å². The molecule has 10 nitrogen and oxygen atoms in total. The normalized spacial score (nSPS) is 12.6. The fourth-order valence-corrected chi connectivity index (χ4v) is 5.50. The van der Waals surface area contributed by atoms with Crippen LogP contribution in [0, 0.1) is 0 Å². The summed E-state index contributed by atoms with van der Waals surface area (Å²) in [4.78, 5) is 14.3. The van der Waals surface area contributed by atoms with Crippen molar-refractivity contribution in [1.82, 2.24) is 19.8 Å². The second-order valence-electron chi connectivity index (χ2n) is 10.5. The second kappa shape index (κ2) is 20.2. The summed E-state index contributed by atoms with van der Waals surface area (Å²) in [6.45, 7) is 5.66. The minimum absolute atomic E-state index is 0. The third-order valence-electron chi connectivity index (χ3n) is 7.85. The van der Waals surface area contributed by atoms with Crippen LogP contribution in [-0.4, -0.2) is 88.6 Å². The number of aromatic nitrogens is 2. The third-order valence-corrected chi connectivity index (χ3v) is 7.85. The Labute approximate surface area is 307 Å². The number of nitrogens with zero attached hydrogens (tertiary/aromatic N) is 4. The molecule has 0 amide bonds. The van der Waals surface area contributed by atoms with Crippen LogP contribution in [0.4, 0.5) is 0 Å². The van der Waals surface area contributed by atoms with E-state index in [4.69, 9.17) is 33.4 Å². The molecule has 1 saturated heterocycles. The molecule has 0 unspecified atom stereocenters. The molecule has 48 heavy (non-hydrogen) atoms. The lowest BCUT2D eigenvalue weighted by Crippen LogP contribution is -2.45. The number of hydrogen-bond donors (Lipinski definition) is 0. The molecule has 1 aliphatic rings. The molecule has 0 bridgehead atoms. The number of piperazine rings is 1. The molecule has 4 aromatic rings. The second-order valence-corrected chi connectivity index (χ2v) is 10.5. The fourth-order valence-electron chi connectivity index (χ4n) is 5.50. The summed E-state index contributed by atoms with van der Waals surface area (Å²) < 4.78 is 33.0. The van der Waals surface area contributed by atoms with Gasteiger partial charge in [0, 0.05) is 62.8 Å². The first-order valence-corrected chi connectivity index (χ1v) is 14.5. The smallest absolute Gasteiger partial charge is 0.203 e. The highest BCUT2D eigenvalue weighted by molar-refractivity contribution is 5.86. The van der Waals surface area contributed by atoms with E-state index in [9.17, 15) is 0 Å². The first-order valence-electron chi connectivity index (χ1n) is 14.5. The van der Waals surface area contributed by atoms with E-state index < -0.39 is 0 Å². The van der Waals surface area contributed by atoms with Crippen LogP contribution in [0.25, 0.3) is 22.5 Å². The summed E-state index contributed by atoms with van der Waals surface area (Å²) in [6, 6.07) is 16.1. The lowest BCUT2D eigenvalue weighted by atomic mass is 10.1. The van der Waals surface area contributed by atoms with Gasteiger partial charge in [0.15, 0.2) is 23.0 Å². The maximum absolute atomic E-state index is 5.53. The zero-order valence-electron chi connectivity index (χ0n) is 27.9. The van der Waals surface area contributed by atoms with Crippen molar-refractivity contribution < 1.29 is 28.4 Å². The average molecular weight is 747 g/mol. The topological polar surface area (TPSA) is 87.6 Å². The third kappa shape index (κ3) is 9.84. The Balaban J connectivity index is 0.00000288. The molecule has 0 N–H and O–H groups in total. The summed E-state index contributed by atoms with van der Waals surface area (Å²) >= 11 is 0. The van der Waals surface area contributed by atoms with Crippen molar-refractivity contribution in [2.24, 2.45) is 0 Å². The molecule has 5 rings (SSSR count). The highest BCUT2D eigenvalue weighted by atomic mass is 35.5.